The molecule has 1 aromatic heterocycles. The predicted molar refractivity (Wildman–Crippen MR) is 72.1 cm³/mol. The van der Waals surface area contributed by atoms with Gasteiger partial charge in [-0.2, -0.15) is 5.26 Å². The number of hydrogen-bond acceptors (Lipinski definition) is 5. The summed E-state index contributed by atoms with van der Waals surface area (Å²) in [5, 5.41) is 8.65. The Morgan fingerprint density at radius 2 is 2.35 bits per heavy atom. The van der Waals surface area contributed by atoms with Gasteiger partial charge in [0.15, 0.2) is 0 Å². The molecule has 0 saturated carbocycles. The average Bonchev–Trinajstić information content (AvgIpc) is 2.81. The molecule has 5 heteroatoms. The van der Waals surface area contributed by atoms with Gasteiger partial charge in [-0.3, -0.25) is 0 Å². The molecule has 17 heavy (non-hydrogen) atoms. The van der Waals surface area contributed by atoms with E-state index < -0.39 is 0 Å². The maximum atomic E-state index is 8.65. The molecule has 0 bridgehead atoms. The van der Waals surface area contributed by atoms with Gasteiger partial charge in [-0.1, -0.05) is 0 Å². The summed E-state index contributed by atoms with van der Waals surface area (Å²) < 4.78 is 1.10. The highest BCUT2D eigenvalue weighted by Crippen LogP contribution is 2.32. The zero-order valence-corrected chi connectivity index (χ0v) is 10.5. The van der Waals surface area contributed by atoms with Gasteiger partial charge in [-0.05, 0) is 19.1 Å². The Morgan fingerprint density at radius 1 is 1.53 bits per heavy atom. The van der Waals surface area contributed by atoms with E-state index in [4.69, 9.17) is 11.0 Å². The number of thiazole rings is 1. The van der Waals surface area contributed by atoms with Crippen molar-refractivity contribution in [2.75, 3.05) is 23.7 Å². The highest BCUT2D eigenvalue weighted by molar-refractivity contribution is 7.16. The SMILES string of the molecule is CCN(CCC#N)c1ccc2scnc2c1N. The average molecular weight is 246 g/mol. The Bertz CT molecular complexity index is 555. The van der Waals surface area contributed by atoms with Crippen LogP contribution in [0.4, 0.5) is 11.4 Å². The van der Waals surface area contributed by atoms with Crippen LogP contribution < -0.4 is 10.6 Å². The summed E-state index contributed by atoms with van der Waals surface area (Å²) in [5.41, 5.74) is 10.5. The lowest BCUT2D eigenvalue weighted by atomic mass is 10.2. The predicted octanol–water partition coefficient (Wildman–Crippen LogP) is 2.62. The van der Waals surface area contributed by atoms with Crippen molar-refractivity contribution in [3.8, 4) is 6.07 Å². The van der Waals surface area contributed by atoms with Crippen LogP contribution in [-0.2, 0) is 0 Å². The van der Waals surface area contributed by atoms with Gasteiger partial charge in [-0.25, -0.2) is 4.98 Å². The van der Waals surface area contributed by atoms with Gasteiger partial charge in [0.25, 0.3) is 0 Å². The zero-order chi connectivity index (χ0) is 12.3. The van der Waals surface area contributed by atoms with Crippen LogP contribution in [0.1, 0.15) is 13.3 Å². The first-order valence-electron chi connectivity index (χ1n) is 5.51. The second kappa shape index (κ2) is 5.02. The Kier molecular flexibility index (Phi) is 3.45. The quantitative estimate of drug-likeness (QED) is 0.842. The summed E-state index contributed by atoms with van der Waals surface area (Å²) in [6.45, 7) is 3.59. The number of aromatic nitrogens is 1. The van der Waals surface area contributed by atoms with Gasteiger partial charge in [-0.15, -0.1) is 11.3 Å². The van der Waals surface area contributed by atoms with Gasteiger partial charge in [0.2, 0.25) is 0 Å². The number of hydrogen-bond donors (Lipinski definition) is 1. The fraction of sp³-hybridized carbons (Fsp3) is 0.333. The lowest BCUT2D eigenvalue weighted by Gasteiger charge is -2.23. The van der Waals surface area contributed by atoms with E-state index in [9.17, 15) is 0 Å². The molecule has 4 nitrogen and oxygen atoms in total. The van der Waals surface area contributed by atoms with Crippen LogP contribution in [0.25, 0.3) is 10.2 Å². The number of nitrogens with two attached hydrogens (primary N) is 1. The van der Waals surface area contributed by atoms with Crippen LogP contribution in [0.2, 0.25) is 0 Å². The van der Waals surface area contributed by atoms with Crippen molar-refractivity contribution in [2.24, 2.45) is 0 Å². The first kappa shape index (κ1) is 11.7. The molecule has 0 fully saturated rings. The molecule has 0 radical (unpaired) electrons. The monoisotopic (exact) mass is 246 g/mol. The summed E-state index contributed by atoms with van der Waals surface area (Å²) >= 11 is 1.59. The normalized spacial score (nSPS) is 10.4. The van der Waals surface area contributed by atoms with Crippen LogP contribution in [0.5, 0.6) is 0 Å². The smallest absolute Gasteiger partial charge is 0.106 e. The van der Waals surface area contributed by atoms with Crippen LogP contribution in [0.15, 0.2) is 17.6 Å². The molecule has 0 saturated heterocycles. The number of nitrogen functional groups attached to an aromatic ring is 1. The second-order valence-electron chi connectivity index (χ2n) is 3.69. The molecule has 1 heterocycles. The molecule has 0 amide bonds. The molecular formula is C12H14N4S. The molecule has 0 unspecified atom stereocenters. The van der Waals surface area contributed by atoms with Crippen molar-refractivity contribution < 1.29 is 0 Å². The number of anilines is 2. The van der Waals surface area contributed by atoms with E-state index in [1.165, 1.54) is 0 Å². The van der Waals surface area contributed by atoms with Crippen molar-refractivity contribution >= 4 is 32.9 Å². The number of rotatable bonds is 4. The van der Waals surface area contributed by atoms with E-state index in [1.54, 1.807) is 16.8 Å². The Balaban J connectivity index is 2.39. The minimum Gasteiger partial charge on any atom is -0.395 e. The Labute approximate surface area is 104 Å². The zero-order valence-electron chi connectivity index (χ0n) is 9.68. The number of fused-ring (bicyclic) bond motifs is 1. The largest absolute Gasteiger partial charge is 0.395 e. The van der Waals surface area contributed by atoms with Gasteiger partial charge in [0.1, 0.15) is 5.52 Å². The van der Waals surface area contributed by atoms with Crippen LogP contribution in [0.3, 0.4) is 0 Å². The Morgan fingerprint density at radius 3 is 3.06 bits per heavy atom. The number of nitriles is 1. The van der Waals surface area contributed by atoms with E-state index in [-0.39, 0.29) is 0 Å². The summed E-state index contributed by atoms with van der Waals surface area (Å²) in [5.74, 6) is 0. The van der Waals surface area contributed by atoms with Crippen LogP contribution in [0, 0.1) is 11.3 Å². The van der Waals surface area contributed by atoms with Crippen molar-refractivity contribution in [3.05, 3.63) is 17.6 Å². The fourth-order valence-electron chi connectivity index (χ4n) is 1.85. The number of benzene rings is 1. The Hall–Kier alpha value is -1.80. The van der Waals surface area contributed by atoms with Crippen molar-refractivity contribution in [1.82, 2.24) is 4.98 Å². The lowest BCUT2D eigenvalue weighted by Crippen LogP contribution is -2.24. The molecule has 0 aliphatic heterocycles. The fourth-order valence-corrected chi connectivity index (χ4v) is 2.54. The van der Waals surface area contributed by atoms with E-state index >= 15 is 0 Å². The van der Waals surface area contributed by atoms with E-state index in [1.807, 2.05) is 12.1 Å². The van der Waals surface area contributed by atoms with Crippen molar-refractivity contribution in [1.29, 1.82) is 5.26 Å². The van der Waals surface area contributed by atoms with Crippen molar-refractivity contribution in [2.45, 2.75) is 13.3 Å². The third kappa shape index (κ3) is 2.17. The first-order valence-corrected chi connectivity index (χ1v) is 6.39. The van der Waals surface area contributed by atoms with E-state index in [2.05, 4.69) is 22.9 Å². The van der Waals surface area contributed by atoms with Gasteiger partial charge < -0.3 is 10.6 Å². The third-order valence-corrected chi connectivity index (χ3v) is 3.53. The molecule has 0 spiro atoms. The first-order chi connectivity index (χ1) is 8.27. The van der Waals surface area contributed by atoms with Crippen molar-refractivity contribution in [3.63, 3.8) is 0 Å². The maximum absolute atomic E-state index is 8.65. The molecule has 0 atom stereocenters. The number of nitrogens with zero attached hydrogens (tertiary/aromatic N) is 3. The summed E-state index contributed by atoms with van der Waals surface area (Å²) in [4.78, 5) is 6.39. The lowest BCUT2D eigenvalue weighted by molar-refractivity contribution is 0.829. The van der Waals surface area contributed by atoms with Gasteiger partial charge in [0, 0.05) is 13.1 Å². The highest BCUT2D eigenvalue weighted by atomic mass is 32.1. The molecule has 2 aromatic rings. The molecular weight excluding hydrogens is 232 g/mol. The summed E-state index contributed by atoms with van der Waals surface area (Å²) in [6, 6.07) is 6.20. The van der Waals surface area contributed by atoms with Crippen LogP contribution in [-0.4, -0.2) is 18.1 Å². The molecule has 88 valence electrons. The van der Waals surface area contributed by atoms with Crippen LogP contribution >= 0.6 is 11.3 Å². The molecule has 0 aliphatic carbocycles. The topological polar surface area (TPSA) is 65.9 Å². The minimum absolute atomic E-state index is 0.502. The van der Waals surface area contributed by atoms with E-state index in [0.29, 0.717) is 18.7 Å². The minimum atomic E-state index is 0.502. The van der Waals surface area contributed by atoms with Gasteiger partial charge >= 0.3 is 0 Å². The molecule has 1 aromatic carbocycles. The molecule has 2 rings (SSSR count). The highest BCUT2D eigenvalue weighted by Gasteiger charge is 2.11. The standard InChI is InChI=1S/C12H14N4S/c1-2-16(7-3-6-13)9-4-5-10-12(11(9)14)15-8-17-10/h4-5,8H,2-3,7,14H2,1H3. The molecule has 2 N–H and O–H groups in total. The third-order valence-electron chi connectivity index (χ3n) is 2.73. The molecule has 0 aliphatic rings. The second-order valence-corrected chi connectivity index (χ2v) is 4.57. The maximum Gasteiger partial charge on any atom is 0.106 e. The van der Waals surface area contributed by atoms with Gasteiger partial charge in [0.05, 0.1) is 34.1 Å². The summed E-state index contributed by atoms with van der Waals surface area (Å²) in [6.07, 6.45) is 0.502. The summed E-state index contributed by atoms with van der Waals surface area (Å²) in [7, 11) is 0. The van der Waals surface area contributed by atoms with E-state index in [0.717, 1.165) is 22.4 Å².